The van der Waals surface area contributed by atoms with E-state index in [0.29, 0.717) is 12.4 Å². The summed E-state index contributed by atoms with van der Waals surface area (Å²) in [5.41, 5.74) is 0. The maximum Gasteiger partial charge on any atom is 0.212 e. The fourth-order valence-electron chi connectivity index (χ4n) is 1.54. The van der Waals surface area contributed by atoms with Crippen LogP contribution >= 0.6 is 0 Å². The number of aromatic nitrogens is 2. The molecule has 2 aromatic rings. The summed E-state index contributed by atoms with van der Waals surface area (Å²) in [6, 6.07) is 11.7. The van der Waals surface area contributed by atoms with Gasteiger partial charge in [0.25, 0.3) is 0 Å². The average Bonchev–Trinajstić information content (AvgIpc) is 2.83. The van der Waals surface area contributed by atoms with Gasteiger partial charge in [-0.25, -0.2) is 4.98 Å². The molecule has 0 amide bonds. The van der Waals surface area contributed by atoms with Gasteiger partial charge in [-0.3, -0.25) is 0 Å². The Kier molecular flexibility index (Phi) is 3.77. The number of rotatable bonds is 5. The second-order valence-corrected chi connectivity index (χ2v) is 3.57. The maximum absolute atomic E-state index is 8.78. The van der Waals surface area contributed by atoms with E-state index in [4.69, 9.17) is 10.00 Å². The SMILES string of the molecule is N#Cc1nccn1CCCOc1ccccc1. The zero-order valence-electron chi connectivity index (χ0n) is 9.41. The summed E-state index contributed by atoms with van der Waals surface area (Å²) in [6.07, 6.45) is 4.29. The Balaban J connectivity index is 1.76. The summed E-state index contributed by atoms with van der Waals surface area (Å²) in [4.78, 5) is 3.93. The number of para-hydroxylation sites is 1. The van der Waals surface area contributed by atoms with E-state index in [9.17, 15) is 0 Å². The van der Waals surface area contributed by atoms with Crippen LogP contribution in [-0.4, -0.2) is 16.2 Å². The topological polar surface area (TPSA) is 50.8 Å². The van der Waals surface area contributed by atoms with Crippen molar-refractivity contribution in [2.45, 2.75) is 13.0 Å². The minimum absolute atomic E-state index is 0.449. The average molecular weight is 227 g/mol. The first kappa shape index (κ1) is 11.2. The van der Waals surface area contributed by atoms with Crippen molar-refractivity contribution in [2.75, 3.05) is 6.61 Å². The van der Waals surface area contributed by atoms with Gasteiger partial charge in [-0.05, 0) is 18.6 Å². The van der Waals surface area contributed by atoms with Gasteiger partial charge in [-0.2, -0.15) is 5.26 Å². The van der Waals surface area contributed by atoms with E-state index in [1.807, 2.05) is 41.0 Å². The molecule has 0 N–H and O–H groups in total. The van der Waals surface area contributed by atoms with E-state index in [1.54, 1.807) is 12.4 Å². The first-order chi connectivity index (χ1) is 8.40. The van der Waals surface area contributed by atoms with Gasteiger partial charge in [0.15, 0.2) is 0 Å². The highest BCUT2D eigenvalue weighted by atomic mass is 16.5. The Bertz CT molecular complexity index is 499. The second kappa shape index (κ2) is 5.71. The molecule has 0 aliphatic heterocycles. The number of aryl methyl sites for hydroxylation is 1. The van der Waals surface area contributed by atoms with Gasteiger partial charge in [0.2, 0.25) is 5.82 Å². The first-order valence-corrected chi connectivity index (χ1v) is 5.49. The molecule has 4 heteroatoms. The molecule has 0 fully saturated rings. The van der Waals surface area contributed by atoms with Gasteiger partial charge in [0.1, 0.15) is 11.8 Å². The lowest BCUT2D eigenvalue weighted by Crippen LogP contribution is -2.05. The van der Waals surface area contributed by atoms with Crippen LogP contribution in [0.2, 0.25) is 0 Å². The minimum Gasteiger partial charge on any atom is -0.494 e. The van der Waals surface area contributed by atoms with Crippen molar-refractivity contribution >= 4 is 0 Å². The number of nitrogens with zero attached hydrogens (tertiary/aromatic N) is 3. The lowest BCUT2D eigenvalue weighted by molar-refractivity contribution is 0.301. The molecular weight excluding hydrogens is 214 g/mol. The van der Waals surface area contributed by atoms with Crippen molar-refractivity contribution in [1.29, 1.82) is 5.26 Å². The van der Waals surface area contributed by atoms with Gasteiger partial charge >= 0.3 is 0 Å². The van der Waals surface area contributed by atoms with Crippen molar-refractivity contribution in [2.24, 2.45) is 0 Å². The third kappa shape index (κ3) is 3.08. The van der Waals surface area contributed by atoms with Crippen LogP contribution < -0.4 is 4.74 Å². The number of ether oxygens (including phenoxy) is 1. The lowest BCUT2D eigenvalue weighted by atomic mass is 10.3. The standard InChI is InChI=1S/C13H13N3O/c14-11-13-15-7-9-16(13)8-4-10-17-12-5-2-1-3-6-12/h1-3,5-7,9H,4,8,10H2. The molecule has 0 bridgehead atoms. The summed E-state index contributed by atoms with van der Waals surface area (Å²) < 4.78 is 7.39. The van der Waals surface area contributed by atoms with Crippen LogP contribution in [0.25, 0.3) is 0 Å². The number of benzene rings is 1. The Labute approximate surface area is 100 Å². The molecule has 0 unspecified atom stereocenters. The van der Waals surface area contributed by atoms with Crippen LogP contribution in [0.5, 0.6) is 5.75 Å². The maximum atomic E-state index is 8.78. The molecule has 86 valence electrons. The lowest BCUT2D eigenvalue weighted by Gasteiger charge is -2.06. The largest absolute Gasteiger partial charge is 0.494 e. The van der Waals surface area contributed by atoms with Gasteiger partial charge in [0.05, 0.1) is 6.61 Å². The fourth-order valence-corrected chi connectivity index (χ4v) is 1.54. The molecular formula is C13H13N3O. The van der Waals surface area contributed by atoms with E-state index in [2.05, 4.69) is 4.98 Å². The molecule has 0 aliphatic carbocycles. The summed E-state index contributed by atoms with van der Waals surface area (Å²) in [5, 5.41) is 8.78. The quantitative estimate of drug-likeness (QED) is 0.736. The number of hydrogen-bond donors (Lipinski definition) is 0. The Morgan fingerprint density at radius 3 is 2.88 bits per heavy atom. The van der Waals surface area contributed by atoms with Crippen LogP contribution in [0, 0.1) is 11.3 Å². The molecule has 17 heavy (non-hydrogen) atoms. The molecule has 1 heterocycles. The Hall–Kier alpha value is -2.28. The summed E-state index contributed by atoms with van der Waals surface area (Å²) in [6.45, 7) is 1.38. The van der Waals surface area contributed by atoms with E-state index < -0.39 is 0 Å². The van der Waals surface area contributed by atoms with Crippen molar-refractivity contribution in [3.63, 3.8) is 0 Å². The zero-order valence-corrected chi connectivity index (χ0v) is 9.41. The highest BCUT2D eigenvalue weighted by Crippen LogP contribution is 2.08. The first-order valence-electron chi connectivity index (χ1n) is 5.49. The summed E-state index contributed by atoms with van der Waals surface area (Å²) in [7, 11) is 0. The predicted octanol–water partition coefficient (Wildman–Crippen LogP) is 2.22. The van der Waals surface area contributed by atoms with Gasteiger partial charge in [-0.15, -0.1) is 0 Å². The minimum atomic E-state index is 0.449. The van der Waals surface area contributed by atoms with Crippen LogP contribution in [-0.2, 0) is 6.54 Å². The third-order valence-corrected chi connectivity index (χ3v) is 2.37. The highest BCUT2D eigenvalue weighted by molar-refractivity contribution is 5.20. The molecule has 0 aliphatic rings. The molecule has 4 nitrogen and oxygen atoms in total. The van der Waals surface area contributed by atoms with Crippen molar-refractivity contribution in [3.8, 4) is 11.8 Å². The Morgan fingerprint density at radius 2 is 2.12 bits per heavy atom. The highest BCUT2D eigenvalue weighted by Gasteiger charge is 2.00. The third-order valence-electron chi connectivity index (χ3n) is 2.37. The smallest absolute Gasteiger partial charge is 0.212 e. The fraction of sp³-hybridized carbons (Fsp3) is 0.231. The van der Waals surface area contributed by atoms with Gasteiger partial charge in [-0.1, -0.05) is 18.2 Å². The predicted molar refractivity (Wildman–Crippen MR) is 63.5 cm³/mol. The van der Waals surface area contributed by atoms with Crippen molar-refractivity contribution in [1.82, 2.24) is 9.55 Å². The van der Waals surface area contributed by atoms with Gasteiger partial charge in [0, 0.05) is 18.9 Å². The van der Waals surface area contributed by atoms with E-state index >= 15 is 0 Å². The molecule has 0 atom stereocenters. The van der Waals surface area contributed by atoms with E-state index in [-0.39, 0.29) is 0 Å². The monoisotopic (exact) mass is 227 g/mol. The normalized spacial score (nSPS) is 9.82. The second-order valence-electron chi connectivity index (χ2n) is 3.57. The number of imidazole rings is 1. The van der Waals surface area contributed by atoms with Crippen LogP contribution in [0.1, 0.15) is 12.2 Å². The van der Waals surface area contributed by atoms with Crippen LogP contribution in [0.3, 0.4) is 0 Å². The van der Waals surface area contributed by atoms with Crippen LogP contribution in [0.15, 0.2) is 42.7 Å². The molecule has 1 aromatic carbocycles. The molecule has 1 aromatic heterocycles. The van der Waals surface area contributed by atoms with Gasteiger partial charge < -0.3 is 9.30 Å². The molecule has 2 rings (SSSR count). The summed E-state index contributed by atoms with van der Waals surface area (Å²) in [5.74, 6) is 1.32. The molecule has 0 saturated carbocycles. The van der Waals surface area contributed by atoms with E-state index in [1.165, 1.54) is 0 Å². The molecule has 0 saturated heterocycles. The zero-order chi connectivity index (χ0) is 11.9. The number of nitriles is 1. The molecule has 0 radical (unpaired) electrons. The van der Waals surface area contributed by atoms with Crippen molar-refractivity contribution in [3.05, 3.63) is 48.5 Å². The van der Waals surface area contributed by atoms with E-state index in [0.717, 1.165) is 18.7 Å². The number of hydrogen-bond acceptors (Lipinski definition) is 3. The Morgan fingerprint density at radius 1 is 1.29 bits per heavy atom. The molecule has 0 spiro atoms. The summed E-state index contributed by atoms with van der Waals surface area (Å²) >= 11 is 0. The van der Waals surface area contributed by atoms with Crippen molar-refractivity contribution < 1.29 is 4.74 Å². The van der Waals surface area contributed by atoms with Crippen LogP contribution in [0.4, 0.5) is 0 Å².